The van der Waals surface area contributed by atoms with Crippen LogP contribution in [-0.4, -0.2) is 23.2 Å². The number of hydrogen-bond donors (Lipinski definition) is 2. The van der Waals surface area contributed by atoms with Crippen molar-refractivity contribution in [1.29, 1.82) is 0 Å². The van der Waals surface area contributed by atoms with Gasteiger partial charge in [0.25, 0.3) is 5.91 Å². The first-order chi connectivity index (χ1) is 7.85. The molecule has 0 spiro atoms. The molecular weight excluding hydrogens is 289 g/mol. The van der Waals surface area contributed by atoms with Gasteiger partial charge in [0.15, 0.2) is 0 Å². The van der Waals surface area contributed by atoms with Crippen LogP contribution < -0.4 is 5.32 Å². The number of carbonyl (C=O) groups is 1. The number of benzene rings is 1. The van der Waals surface area contributed by atoms with Crippen LogP contribution in [0.15, 0.2) is 22.7 Å². The molecule has 0 aromatic heterocycles. The molecule has 0 saturated heterocycles. The Morgan fingerprint density at radius 2 is 2.24 bits per heavy atom. The van der Waals surface area contributed by atoms with Crippen molar-refractivity contribution >= 4 is 21.8 Å². The molecule has 0 aliphatic heterocycles. The molecule has 1 atom stereocenters. The van der Waals surface area contributed by atoms with Gasteiger partial charge < -0.3 is 10.4 Å². The Labute approximate surface area is 108 Å². The largest absolute Gasteiger partial charge is 0.388 e. The van der Waals surface area contributed by atoms with E-state index >= 15 is 0 Å². The van der Waals surface area contributed by atoms with E-state index in [9.17, 15) is 14.3 Å². The minimum atomic E-state index is -0.924. The van der Waals surface area contributed by atoms with Crippen LogP contribution in [0, 0.1) is 5.82 Å². The Morgan fingerprint density at radius 1 is 1.59 bits per heavy atom. The number of aliphatic hydroxyl groups is 1. The summed E-state index contributed by atoms with van der Waals surface area (Å²) in [6.07, 6.45) is 0.542. The van der Waals surface area contributed by atoms with E-state index in [4.69, 9.17) is 0 Å². The maximum Gasteiger partial charge on any atom is 0.251 e. The van der Waals surface area contributed by atoms with Gasteiger partial charge in [0, 0.05) is 12.1 Å². The summed E-state index contributed by atoms with van der Waals surface area (Å²) < 4.78 is 13.2. The van der Waals surface area contributed by atoms with E-state index in [0.29, 0.717) is 12.0 Å². The molecule has 1 rings (SSSR count). The summed E-state index contributed by atoms with van der Waals surface area (Å²) in [7, 11) is 0. The summed E-state index contributed by atoms with van der Waals surface area (Å²) >= 11 is 3.01. The van der Waals surface area contributed by atoms with Crippen molar-refractivity contribution in [1.82, 2.24) is 5.32 Å². The lowest BCUT2D eigenvalue weighted by Gasteiger charge is -2.21. The standard InChI is InChI=1S/C12H15BrFNO2/c1-3-12(2,17)7-15-11(16)8-4-5-10(14)9(13)6-8/h4-6,17H,3,7H2,1-2H3,(H,15,16). The predicted octanol–water partition coefficient (Wildman–Crippen LogP) is 2.48. The summed E-state index contributed by atoms with van der Waals surface area (Å²) in [6.45, 7) is 3.64. The lowest BCUT2D eigenvalue weighted by atomic mass is 10.0. The normalized spacial score (nSPS) is 14.2. The average Bonchev–Trinajstić information content (AvgIpc) is 2.30. The SMILES string of the molecule is CCC(C)(O)CNC(=O)c1ccc(F)c(Br)c1. The van der Waals surface area contributed by atoms with Crippen LogP contribution in [0.25, 0.3) is 0 Å². The number of nitrogens with one attached hydrogen (secondary N) is 1. The zero-order chi connectivity index (χ0) is 13.1. The van der Waals surface area contributed by atoms with Crippen LogP contribution >= 0.6 is 15.9 Å². The highest BCUT2D eigenvalue weighted by Crippen LogP contribution is 2.17. The van der Waals surface area contributed by atoms with Crippen molar-refractivity contribution in [2.75, 3.05) is 6.54 Å². The van der Waals surface area contributed by atoms with E-state index in [0.717, 1.165) is 0 Å². The van der Waals surface area contributed by atoms with Crippen LogP contribution in [0.4, 0.5) is 4.39 Å². The van der Waals surface area contributed by atoms with Crippen LogP contribution in [0.3, 0.4) is 0 Å². The summed E-state index contributed by atoms with van der Waals surface area (Å²) in [5.74, 6) is -0.749. The van der Waals surface area contributed by atoms with Crippen molar-refractivity contribution < 1.29 is 14.3 Å². The first kappa shape index (κ1) is 14.1. The second-order valence-corrected chi connectivity index (χ2v) is 5.02. The summed E-state index contributed by atoms with van der Waals surface area (Å²) in [6, 6.07) is 4.03. The van der Waals surface area contributed by atoms with Crippen LogP contribution in [0.5, 0.6) is 0 Å². The van der Waals surface area contributed by atoms with Gasteiger partial charge in [-0.3, -0.25) is 4.79 Å². The fraction of sp³-hybridized carbons (Fsp3) is 0.417. The molecule has 1 aromatic rings. The van der Waals surface area contributed by atoms with E-state index in [1.54, 1.807) is 6.92 Å². The molecule has 0 aliphatic rings. The molecule has 5 heteroatoms. The maximum atomic E-state index is 13.0. The first-order valence-electron chi connectivity index (χ1n) is 5.31. The molecule has 1 amide bonds. The number of carbonyl (C=O) groups excluding carboxylic acids is 1. The van der Waals surface area contributed by atoms with Gasteiger partial charge in [-0.25, -0.2) is 4.39 Å². The van der Waals surface area contributed by atoms with E-state index in [2.05, 4.69) is 21.2 Å². The Bertz CT molecular complexity index is 421. The third-order valence-corrected chi connectivity index (χ3v) is 3.18. The smallest absolute Gasteiger partial charge is 0.251 e. The predicted molar refractivity (Wildman–Crippen MR) is 67.3 cm³/mol. The van der Waals surface area contributed by atoms with Gasteiger partial charge in [0.05, 0.1) is 10.1 Å². The van der Waals surface area contributed by atoms with Crippen LogP contribution in [-0.2, 0) is 0 Å². The molecule has 0 aliphatic carbocycles. The van der Waals surface area contributed by atoms with Gasteiger partial charge in [-0.15, -0.1) is 0 Å². The fourth-order valence-corrected chi connectivity index (χ4v) is 1.51. The minimum absolute atomic E-state index is 0.164. The van der Waals surface area contributed by atoms with Crippen LogP contribution in [0.1, 0.15) is 30.6 Å². The number of halogens is 2. The van der Waals surface area contributed by atoms with Crippen LogP contribution in [0.2, 0.25) is 0 Å². The summed E-state index contributed by atoms with van der Waals surface area (Å²) in [5, 5.41) is 12.3. The Hall–Kier alpha value is -0.940. The van der Waals surface area contributed by atoms with Gasteiger partial charge >= 0.3 is 0 Å². The molecule has 3 nitrogen and oxygen atoms in total. The van der Waals surface area contributed by atoms with Crippen molar-refractivity contribution in [2.45, 2.75) is 25.9 Å². The van der Waals surface area contributed by atoms with E-state index in [1.165, 1.54) is 18.2 Å². The first-order valence-corrected chi connectivity index (χ1v) is 6.10. The highest BCUT2D eigenvalue weighted by molar-refractivity contribution is 9.10. The zero-order valence-corrected chi connectivity index (χ0v) is 11.3. The molecule has 1 aromatic carbocycles. The van der Waals surface area contributed by atoms with E-state index in [1.807, 2.05) is 6.92 Å². The van der Waals surface area contributed by atoms with Gasteiger partial charge in [-0.2, -0.15) is 0 Å². The average molecular weight is 304 g/mol. The molecule has 2 N–H and O–H groups in total. The Morgan fingerprint density at radius 3 is 2.76 bits per heavy atom. The summed E-state index contributed by atoms with van der Waals surface area (Å²) in [5.41, 5.74) is -0.572. The zero-order valence-electron chi connectivity index (χ0n) is 9.76. The second kappa shape index (κ2) is 5.60. The number of hydrogen-bond acceptors (Lipinski definition) is 2. The molecule has 0 bridgehead atoms. The quantitative estimate of drug-likeness (QED) is 0.898. The van der Waals surface area contributed by atoms with Crippen molar-refractivity contribution in [3.63, 3.8) is 0 Å². The summed E-state index contributed by atoms with van der Waals surface area (Å²) in [4.78, 5) is 11.7. The van der Waals surface area contributed by atoms with Gasteiger partial charge in [0.2, 0.25) is 0 Å². The third kappa shape index (κ3) is 4.09. The number of amides is 1. The van der Waals surface area contributed by atoms with Crippen molar-refractivity contribution in [3.8, 4) is 0 Å². The second-order valence-electron chi connectivity index (χ2n) is 4.16. The number of rotatable bonds is 4. The van der Waals surface area contributed by atoms with E-state index < -0.39 is 11.4 Å². The van der Waals surface area contributed by atoms with Crippen molar-refractivity contribution in [3.05, 3.63) is 34.1 Å². The molecule has 1 unspecified atom stereocenters. The van der Waals surface area contributed by atoms with Gasteiger partial charge in [-0.1, -0.05) is 6.92 Å². The molecule has 0 heterocycles. The third-order valence-electron chi connectivity index (χ3n) is 2.57. The lowest BCUT2D eigenvalue weighted by Crippen LogP contribution is -2.40. The minimum Gasteiger partial charge on any atom is -0.388 e. The molecule has 0 radical (unpaired) electrons. The van der Waals surface area contributed by atoms with Crippen molar-refractivity contribution in [2.24, 2.45) is 0 Å². The van der Waals surface area contributed by atoms with Gasteiger partial charge in [-0.05, 0) is 47.5 Å². The Kier molecular flexibility index (Phi) is 4.65. The highest BCUT2D eigenvalue weighted by Gasteiger charge is 2.19. The molecule has 17 heavy (non-hydrogen) atoms. The fourth-order valence-electron chi connectivity index (χ4n) is 1.14. The molecule has 94 valence electrons. The lowest BCUT2D eigenvalue weighted by molar-refractivity contribution is 0.0518. The highest BCUT2D eigenvalue weighted by atomic mass is 79.9. The van der Waals surface area contributed by atoms with E-state index in [-0.39, 0.29) is 16.9 Å². The molecular formula is C12H15BrFNO2. The monoisotopic (exact) mass is 303 g/mol. The topological polar surface area (TPSA) is 49.3 Å². The Balaban J connectivity index is 2.68. The molecule has 0 saturated carbocycles. The maximum absolute atomic E-state index is 13.0. The van der Waals surface area contributed by atoms with Gasteiger partial charge in [0.1, 0.15) is 5.82 Å². The molecule has 0 fully saturated rings.